The van der Waals surface area contributed by atoms with Gasteiger partial charge in [-0.15, -0.1) is 0 Å². The lowest BCUT2D eigenvalue weighted by Crippen LogP contribution is -2.30. The number of nitrogens with one attached hydrogen (secondary N) is 2. The fourth-order valence-electron chi connectivity index (χ4n) is 5.55. The highest BCUT2D eigenvalue weighted by Crippen LogP contribution is 2.39. The number of fused-ring (bicyclic) bond motifs is 1. The maximum Gasteiger partial charge on any atom is 0.224 e. The Morgan fingerprint density at radius 2 is 1.84 bits per heavy atom. The molecule has 5 N–H and O–H groups in total. The van der Waals surface area contributed by atoms with Crippen LogP contribution < -0.4 is 16.4 Å². The highest BCUT2D eigenvalue weighted by molar-refractivity contribution is 6.39. The van der Waals surface area contributed by atoms with Crippen LogP contribution in [0.4, 0.5) is 17.6 Å². The quantitative estimate of drug-likeness (QED) is 0.319. The number of aliphatic hydroxyl groups is 1. The first kappa shape index (κ1) is 26.5. The summed E-state index contributed by atoms with van der Waals surface area (Å²) in [4.78, 5) is 25.8. The minimum absolute atomic E-state index is 0.0111. The lowest BCUT2D eigenvalue weighted by Gasteiger charge is -2.29. The zero-order valence-electron chi connectivity index (χ0n) is 20.8. The average Bonchev–Trinajstić information content (AvgIpc) is 3.27. The normalized spacial score (nSPS) is 23.6. The number of primary amides is 1. The van der Waals surface area contributed by atoms with Crippen molar-refractivity contribution in [3.63, 3.8) is 0 Å². The molecule has 10 nitrogen and oxygen atoms in total. The van der Waals surface area contributed by atoms with Crippen LogP contribution >= 0.6 is 23.2 Å². The van der Waals surface area contributed by atoms with Crippen LogP contribution in [-0.4, -0.2) is 43.2 Å². The fourth-order valence-corrected chi connectivity index (χ4v) is 6.13. The zero-order chi connectivity index (χ0) is 26.8. The van der Waals surface area contributed by atoms with Crippen molar-refractivity contribution in [3.8, 4) is 6.07 Å². The number of amides is 1. The molecule has 0 saturated heterocycles. The number of aliphatic hydroxyl groups excluding tert-OH is 1. The second-order valence-corrected chi connectivity index (χ2v) is 11.0. The van der Waals surface area contributed by atoms with Crippen LogP contribution in [0.15, 0.2) is 18.3 Å². The Bertz CT molecular complexity index is 1360. The Morgan fingerprint density at radius 3 is 2.50 bits per heavy atom. The molecule has 1 amide bonds. The number of nitriles is 1. The maximum atomic E-state index is 11.8. The van der Waals surface area contributed by atoms with Crippen LogP contribution in [0.5, 0.6) is 0 Å². The van der Waals surface area contributed by atoms with Gasteiger partial charge in [0.15, 0.2) is 5.65 Å². The number of nitrogens with zero attached hydrogens (tertiary/aromatic N) is 5. The molecule has 0 aliphatic heterocycles. The van der Waals surface area contributed by atoms with Gasteiger partial charge < -0.3 is 21.5 Å². The SMILES string of the molecule is N#Cc1cc(Cl)c(Nc2nc3cnc(NC[C@@H]4CCCC[C@H]4O)nc3n2[C@H]2CC[C@@H](C(N)=O)CC2)c(Cl)c1. The topological polar surface area (TPSA) is 155 Å². The van der Waals surface area contributed by atoms with Gasteiger partial charge in [0.1, 0.15) is 5.52 Å². The number of aromatic nitrogens is 4. The van der Waals surface area contributed by atoms with Crippen molar-refractivity contribution in [2.75, 3.05) is 17.2 Å². The molecule has 2 saturated carbocycles. The lowest BCUT2D eigenvalue weighted by atomic mass is 9.85. The number of carbonyl (C=O) groups excluding carboxylic acids is 1. The van der Waals surface area contributed by atoms with E-state index in [1.54, 1.807) is 18.3 Å². The van der Waals surface area contributed by atoms with Gasteiger partial charge in [0, 0.05) is 24.4 Å². The second kappa shape index (κ2) is 11.3. The van der Waals surface area contributed by atoms with Crippen LogP contribution in [0.2, 0.25) is 10.0 Å². The van der Waals surface area contributed by atoms with Gasteiger partial charge in [-0.2, -0.15) is 10.2 Å². The van der Waals surface area contributed by atoms with Gasteiger partial charge in [-0.3, -0.25) is 9.36 Å². The molecular weight excluding hydrogens is 527 g/mol. The van der Waals surface area contributed by atoms with Gasteiger partial charge in [-0.05, 0) is 50.7 Å². The Kier molecular flexibility index (Phi) is 7.88. The summed E-state index contributed by atoms with van der Waals surface area (Å²) in [6.45, 7) is 0.589. The first-order valence-corrected chi connectivity index (χ1v) is 13.7. The summed E-state index contributed by atoms with van der Waals surface area (Å²) in [7, 11) is 0. The van der Waals surface area contributed by atoms with E-state index in [0.29, 0.717) is 63.7 Å². The molecule has 0 unspecified atom stereocenters. The van der Waals surface area contributed by atoms with Crippen LogP contribution in [0.25, 0.3) is 11.2 Å². The van der Waals surface area contributed by atoms with Crippen molar-refractivity contribution in [1.82, 2.24) is 19.5 Å². The van der Waals surface area contributed by atoms with Crippen LogP contribution in [0.3, 0.4) is 0 Å². The number of hydrogen-bond donors (Lipinski definition) is 4. The number of rotatable bonds is 7. The highest BCUT2D eigenvalue weighted by atomic mass is 35.5. The van der Waals surface area contributed by atoms with E-state index in [1.807, 2.05) is 10.6 Å². The molecule has 5 rings (SSSR count). The van der Waals surface area contributed by atoms with Crippen molar-refractivity contribution in [3.05, 3.63) is 33.9 Å². The monoisotopic (exact) mass is 556 g/mol. The van der Waals surface area contributed by atoms with Gasteiger partial charge >= 0.3 is 0 Å². The standard InChI is InChI=1S/C26H30Cl2N8O2/c27-18-9-14(11-29)10-19(28)22(18)34-26-33-20-13-32-25(31-12-16-3-1-2-4-21(16)37)35-24(20)36(26)17-7-5-15(6-8-17)23(30)38/h9-10,13,15-17,21,37H,1-8,12H2,(H2,30,38)(H,33,34)(H,31,32,35)/t15-,16-,17+,21+/m0/s1. The van der Waals surface area contributed by atoms with E-state index in [0.717, 1.165) is 38.5 Å². The van der Waals surface area contributed by atoms with Crippen LogP contribution in [0, 0.1) is 23.2 Å². The molecule has 12 heteroatoms. The largest absolute Gasteiger partial charge is 0.393 e. The highest BCUT2D eigenvalue weighted by Gasteiger charge is 2.30. The number of benzene rings is 1. The molecule has 3 aromatic rings. The van der Waals surface area contributed by atoms with Crippen LogP contribution in [-0.2, 0) is 4.79 Å². The summed E-state index contributed by atoms with van der Waals surface area (Å²) >= 11 is 12.9. The maximum absolute atomic E-state index is 11.8. The Labute approximate surface area is 230 Å². The molecule has 2 atom stereocenters. The minimum atomic E-state index is -0.316. The summed E-state index contributed by atoms with van der Waals surface area (Å²) in [6, 6.07) is 5.14. The van der Waals surface area contributed by atoms with Gasteiger partial charge in [0.25, 0.3) is 0 Å². The molecule has 38 heavy (non-hydrogen) atoms. The average molecular weight is 557 g/mol. The van der Waals surface area contributed by atoms with Gasteiger partial charge in [-0.1, -0.05) is 36.0 Å². The van der Waals surface area contributed by atoms with Crippen molar-refractivity contribution in [2.24, 2.45) is 17.6 Å². The molecular formula is C26H30Cl2N8O2. The first-order chi connectivity index (χ1) is 18.3. The Morgan fingerprint density at radius 1 is 1.13 bits per heavy atom. The predicted molar refractivity (Wildman–Crippen MR) is 146 cm³/mol. The molecule has 200 valence electrons. The Balaban J connectivity index is 1.48. The second-order valence-electron chi connectivity index (χ2n) is 10.2. The molecule has 0 spiro atoms. The molecule has 2 aliphatic rings. The van der Waals surface area contributed by atoms with Gasteiger partial charge in [-0.25, -0.2) is 9.97 Å². The number of hydrogen-bond acceptors (Lipinski definition) is 8. The molecule has 2 aromatic heterocycles. The third-order valence-electron chi connectivity index (χ3n) is 7.70. The van der Waals surface area contributed by atoms with Gasteiger partial charge in [0.2, 0.25) is 17.8 Å². The van der Waals surface area contributed by atoms with E-state index >= 15 is 0 Å². The van der Waals surface area contributed by atoms with E-state index in [-0.39, 0.29) is 29.9 Å². The Hall–Kier alpha value is -3.13. The summed E-state index contributed by atoms with van der Waals surface area (Å²) in [6.07, 6.45) is 8.11. The number of imidazole rings is 1. The zero-order valence-corrected chi connectivity index (χ0v) is 22.3. The summed E-state index contributed by atoms with van der Waals surface area (Å²) in [5.74, 6) is 0.698. The number of nitrogens with two attached hydrogens (primary N) is 1. The van der Waals surface area contributed by atoms with E-state index in [9.17, 15) is 15.2 Å². The van der Waals surface area contributed by atoms with Crippen molar-refractivity contribution >= 4 is 57.9 Å². The first-order valence-electron chi connectivity index (χ1n) is 13.0. The minimum Gasteiger partial charge on any atom is -0.393 e. The van der Waals surface area contributed by atoms with Crippen molar-refractivity contribution < 1.29 is 9.90 Å². The molecule has 2 heterocycles. The van der Waals surface area contributed by atoms with Crippen molar-refractivity contribution in [2.45, 2.75) is 63.5 Å². The summed E-state index contributed by atoms with van der Waals surface area (Å²) < 4.78 is 2.01. The fraction of sp³-hybridized carbons (Fsp3) is 0.500. The lowest BCUT2D eigenvalue weighted by molar-refractivity contribution is -0.122. The molecule has 2 aliphatic carbocycles. The molecule has 0 radical (unpaired) electrons. The van der Waals surface area contributed by atoms with Crippen LogP contribution in [0.1, 0.15) is 63.0 Å². The summed E-state index contributed by atoms with van der Waals surface area (Å²) in [5.41, 5.74) is 7.59. The molecule has 1 aromatic carbocycles. The number of halogens is 2. The van der Waals surface area contributed by atoms with E-state index < -0.39 is 0 Å². The van der Waals surface area contributed by atoms with E-state index in [4.69, 9.17) is 38.9 Å². The third-order valence-corrected chi connectivity index (χ3v) is 8.29. The summed E-state index contributed by atoms with van der Waals surface area (Å²) in [5, 5.41) is 26.7. The van der Waals surface area contributed by atoms with Gasteiger partial charge in [0.05, 0.1) is 39.7 Å². The molecule has 2 fully saturated rings. The number of anilines is 3. The van der Waals surface area contributed by atoms with E-state index in [1.165, 1.54) is 0 Å². The third kappa shape index (κ3) is 5.51. The number of carbonyl (C=O) groups is 1. The van der Waals surface area contributed by atoms with E-state index in [2.05, 4.69) is 15.6 Å². The van der Waals surface area contributed by atoms with Crippen molar-refractivity contribution in [1.29, 1.82) is 5.26 Å². The predicted octanol–water partition coefficient (Wildman–Crippen LogP) is 4.93. The molecule has 0 bridgehead atoms. The smallest absolute Gasteiger partial charge is 0.224 e.